The van der Waals surface area contributed by atoms with Gasteiger partial charge in [-0.1, -0.05) is 36.0 Å². The molecule has 4 rings (SSSR count). The maximum absolute atomic E-state index is 12.1. The standard InChI is InChI=1S/C20H19N5O2S2/c1-13-11-17-23-24-20(25(17)16-7-3-2-6-15(13)16)29-12-18(26)22-19(27)21-9-8-14-5-4-10-28-14/h2-7,10-11H,8-9,12H2,1H3,(H2,21,22,26,27). The number of rotatable bonds is 6. The first kappa shape index (κ1) is 19.4. The summed E-state index contributed by atoms with van der Waals surface area (Å²) in [6, 6.07) is 13.5. The number of carbonyl (C=O) groups excluding carboxylic acids is 2. The summed E-state index contributed by atoms with van der Waals surface area (Å²) in [5, 5.41) is 17.2. The summed E-state index contributed by atoms with van der Waals surface area (Å²) >= 11 is 2.89. The molecular weight excluding hydrogens is 406 g/mol. The van der Waals surface area contributed by atoms with Crippen molar-refractivity contribution in [1.82, 2.24) is 25.2 Å². The van der Waals surface area contributed by atoms with Gasteiger partial charge in [-0.3, -0.25) is 14.5 Å². The Morgan fingerprint density at radius 2 is 2.03 bits per heavy atom. The number of urea groups is 1. The van der Waals surface area contributed by atoms with Crippen molar-refractivity contribution in [3.8, 4) is 0 Å². The maximum Gasteiger partial charge on any atom is 0.321 e. The highest BCUT2D eigenvalue weighted by molar-refractivity contribution is 7.99. The third-order valence-corrected chi connectivity index (χ3v) is 6.26. The van der Waals surface area contributed by atoms with Gasteiger partial charge in [-0.05, 0) is 42.5 Å². The van der Waals surface area contributed by atoms with Gasteiger partial charge in [0.15, 0.2) is 10.8 Å². The van der Waals surface area contributed by atoms with Crippen LogP contribution in [0.3, 0.4) is 0 Å². The number of nitrogens with zero attached hydrogens (tertiary/aromatic N) is 3. The molecule has 2 N–H and O–H groups in total. The SMILES string of the molecule is Cc1cc2nnc(SCC(=O)NC(=O)NCCc3cccs3)n2c2ccccc12. The van der Waals surface area contributed by atoms with Gasteiger partial charge in [-0.2, -0.15) is 0 Å². The number of thioether (sulfide) groups is 1. The van der Waals surface area contributed by atoms with Gasteiger partial charge in [-0.15, -0.1) is 21.5 Å². The number of fused-ring (bicyclic) bond motifs is 3. The van der Waals surface area contributed by atoms with E-state index in [9.17, 15) is 9.59 Å². The fourth-order valence-electron chi connectivity index (χ4n) is 3.06. The zero-order chi connectivity index (χ0) is 20.2. The lowest BCUT2D eigenvalue weighted by Crippen LogP contribution is -2.41. The van der Waals surface area contributed by atoms with Crippen LogP contribution in [0.2, 0.25) is 0 Å². The van der Waals surface area contributed by atoms with Crippen molar-refractivity contribution in [3.05, 3.63) is 58.3 Å². The largest absolute Gasteiger partial charge is 0.337 e. The Balaban J connectivity index is 1.36. The second kappa shape index (κ2) is 8.62. The van der Waals surface area contributed by atoms with E-state index in [1.54, 1.807) is 11.3 Å². The van der Waals surface area contributed by atoms with E-state index in [4.69, 9.17) is 0 Å². The number of pyridine rings is 1. The van der Waals surface area contributed by atoms with Crippen LogP contribution in [0.25, 0.3) is 16.6 Å². The number of hydrogen-bond donors (Lipinski definition) is 2. The van der Waals surface area contributed by atoms with Gasteiger partial charge in [-0.25, -0.2) is 4.79 Å². The number of carbonyl (C=O) groups is 2. The predicted molar refractivity (Wildman–Crippen MR) is 116 cm³/mol. The van der Waals surface area contributed by atoms with Gasteiger partial charge in [0.2, 0.25) is 5.91 Å². The van der Waals surface area contributed by atoms with E-state index in [1.165, 1.54) is 16.6 Å². The summed E-state index contributed by atoms with van der Waals surface area (Å²) in [5.74, 6) is -0.307. The van der Waals surface area contributed by atoms with Crippen molar-refractivity contribution >= 4 is 51.6 Å². The molecule has 0 aliphatic rings. The Morgan fingerprint density at radius 3 is 2.86 bits per heavy atom. The van der Waals surface area contributed by atoms with E-state index in [2.05, 4.69) is 20.8 Å². The monoisotopic (exact) mass is 425 g/mol. The first-order valence-electron chi connectivity index (χ1n) is 9.08. The molecule has 0 saturated carbocycles. The van der Waals surface area contributed by atoms with Gasteiger partial charge in [0.05, 0.1) is 11.3 Å². The first-order chi connectivity index (χ1) is 14.1. The van der Waals surface area contributed by atoms with Crippen LogP contribution in [-0.4, -0.2) is 38.8 Å². The zero-order valence-corrected chi connectivity index (χ0v) is 17.3. The van der Waals surface area contributed by atoms with Gasteiger partial charge in [0.25, 0.3) is 0 Å². The molecule has 0 atom stereocenters. The van der Waals surface area contributed by atoms with Crippen LogP contribution in [0.1, 0.15) is 10.4 Å². The molecule has 3 amide bonds. The Morgan fingerprint density at radius 1 is 1.17 bits per heavy atom. The molecule has 0 aliphatic carbocycles. The highest BCUT2D eigenvalue weighted by Crippen LogP contribution is 2.25. The summed E-state index contributed by atoms with van der Waals surface area (Å²) in [7, 11) is 0. The Hall–Kier alpha value is -2.91. The first-order valence-corrected chi connectivity index (χ1v) is 10.9. The fraction of sp³-hybridized carbons (Fsp3) is 0.200. The van der Waals surface area contributed by atoms with Crippen molar-refractivity contribution in [1.29, 1.82) is 0 Å². The molecule has 0 spiro atoms. The van der Waals surface area contributed by atoms with E-state index < -0.39 is 6.03 Å². The average molecular weight is 426 g/mol. The van der Waals surface area contributed by atoms with Gasteiger partial charge in [0, 0.05) is 16.8 Å². The van der Waals surface area contributed by atoms with E-state index in [0.29, 0.717) is 11.7 Å². The molecule has 0 bridgehead atoms. The van der Waals surface area contributed by atoms with E-state index in [0.717, 1.165) is 28.5 Å². The van der Waals surface area contributed by atoms with Crippen LogP contribution in [-0.2, 0) is 11.2 Å². The molecular formula is C20H19N5O2S2. The lowest BCUT2D eigenvalue weighted by molar-refractivity contribution is -0.117. The summed E-state index contributed by atoms with van der Waals surface area (Å²) in [5.41, 5.74) is 2.84. The quantitative estimate of drug-likeness (QED) is 0.462. The van der Waals surface area contributed by atoms with E-state index in [-0.39, 0.29) is 11.7 Å². The number of imide groups is 1. The van der Waals surface area contributed by atoms with Gasteiger partial charge >= 0.3 is 6.03 Å². The highest BCUT2D eigenvalue weighted by Gasteiger charge is 2.14. The van der Waals surface area contributed by atoms with Crippen LogP contribution in [0.5, 0.6) is 0 Å². The van der Waals surface area contributed by atoms with Crippen molar-refractivity contribution in [2.75, 3.05) is 12.3 Å². The average Bonchev–Trinajstić information content (AvgIpc) is 3.36. The van der Waals surface area contributed by atoms with E-state index in [1.807, 2.05) is 59.2 Å². The van der Waals surface area contributed by atoms with Crippen molar-refractivity contribution in [2.45, 2.75) is 18.5 Å². The Bertz CT molecular complexity index is 1170. The van der Waals surface area contributed by atoms with Gasteiger partial charge < -0.3 is 5.32 Å². The number of nitrogens with one attached hydrogen (secondary N) is 2. The topological polar surface area (TPSA) is 88.4 Å². The molecule has 4 aromatic rings. The number of benzene rings is 1. The molecule has 3 heterocycles. The van der Waals surface area contributed by atoms with Crippen molar-refractivity contribution < 1.29 is 9.59 Å². The molecule has 0 fully saturated rings. The Labute approximate surface area is 175 Å². The molecule has 9 heteroatoms. The van der Waals surface area contributed by atoms with Crippen LogP contribution < -0.4 is 10.6 Å². The lowest BCUT2D eigenvalue weighted by Gasteiger charge is -2.08. The number of thiophene rings is 1. The minimum atomic E-state index is -0.487. The van der Waals surface area contributed by atoms with Crippen LogP contribution in [0.15, 0.2) is 53.0 Å². The molecule has 0 radical (unpaired) electrons. The van der Waals surface area contributed by atoms with Crippen LogP contribution in [0.4, 0.5) is 4.79 Å². The number of aromatic nitrogens is 3. The van der Waals surface area contributed by atoms with Crippen LogP contribution in [0, 0.1) is 6.92 Å². The predicted octanol–water partition coefficient (Wildman–Crippen LogP) is 3.41. The second-order valence-electron chi connectivity index (χ2n) is 6.44. The summed E-state index contributed by atoms with van der Waals surface area (Å²) in [6.45, 7) is 2.52. The minimum Gasteiger partial charge on any atom is -0.337 e. The third-order valence-electron chi connectivity index (χ3n) is 4.40. The summed E-state index contributed by atoms with van der Waals surface area (Å²) < 4.78 is 1.93. The third kappa shape index (κ3) is 4.41. The molecule has 29 heavy (non-hydrogen) atoms. The number of aryl methyl sites for hydroxylation is 1. The molecule has 148 valence electrons. The number of para-hydroxylation sites is 1. The summed E-state index contributed by atoms with van der Waals surface area (Å²) in [4.78, 5) is 25.2. The molecule has 3 aromatic heterocycles. The molecule has 1 aromatic carbocycles. The van der Waals surface area contributed by atoms with Crippen LogP contribution >= 0.6 is 23.1 Å². The van der Waals surface area contributed by atoms with E-state index >= 15 is 0 Å². The second-order valence-corrected chi connectivity index (χ2v) is 8.42. The smallest absolute Gasteiger partial charge is 0.321 e. The molecule has 7 nitrogen and oxygen atoms in total. The highest BCUT2D eigenvalue weighted by atomic mass is 32.2. The summed E-state index contributed by atoms with van der Waals surface area (Å²) in [6.07, 6.45) is 0.742. The number of amides is 3. The molecule has 0 saturated heterocycles. The van der Waals surface area contributed by atoms with Gasteiger partial charge in [0.1, 0.15) is 0 Å². The fourth-order valence-corrected chi connectivity index (χ4v) is 4.52. The van der Waals surface area contributed by atoms with Crippen molar-refractivity contribution in [3.63, 3.8) is 0 Å². The Kier molecular flexibility index (Phi) is 5.77. The molecule has 0 aliphatic heterocycles. The normalized spacial score (nSPS) is 11.1. The maximum atomic E-state index is 12.1. The zero-order valence-electron chi connectivity index (χ0n) is 15.7. The van der Waals surface area contributed by atoms with Crippen molar-refractivity contribution in [2.24, 2.45) is 0 Å². The number of hydrogen-bond acceptors (Lipinski definition) is 6. The minimum absolute atomic E-state index is 0.0708. The lowest BCUT2D eigenvalue weighted by atomic mass is 10.1. The molecule has 0 unspecified atom stereocenters.